The fraction of sp³-hybridized carbons (Fsp3) is 0.562. The van der Waals surface area contributed by atoms with E-state index in [-0.39, 0.29) is 11.7 Å². The number of aliphatic imine (C=N–C) groups is 1. The van der Waals surface area contributed by atoms with Gasteiger partial charge < -0.3 is 0 Å². The minimum Gasteiger partial charge on any atom is -0.297 e. The standard InChI is InChI=1S/C16H24FN/c1-6-18-10-9-14-13(11(2)3)7-8-15(17)16(14)12(4)5/h7-8,10-12H,6,9H2,1-5H3. The Balaban J connectivity index is 3.29. The number of hydrogen-bond acceptors (Lipinski definition) is 1. The van der Waals surface area contributed by atoms with Crippen LogP contribution in [-0.4, -0.2) is 12.8 Å². The maximum Gasteiger partial charge on any atom is 0.126 e. The van der Waals surface area contributed by atoms with Crippen LogP contribution in [-0.2, 0) is 6.42 Å². The van der Waals surface area contributed by atoms with E-state index in [9.17, 15) is 4.39 Å². The lowest BCUT2D eigenvalue weighted by atomic mass is 9.87. The van der Waals surface area contributed by atoms with Gasteiger partial charge in [-0.05, 0) is 41.5 Å². The molecule has 0 saturated carbocycles. The Hall–Kier alpha value is -1.18. The third kappa shape index (κ3) is 3.41. The van der Waals surface area contributed by atoms with Crippen LogP contribution in [0.2, 0.25) is 0 Å². The van der Waals surface area contributed by atoms with E-state index in [2.05, 4.69) is 18.8 Å². The molecule has 2 heteroatoms. The number of hydrogen-bond donors (Lipinski definition) is 0. The predicted octanol–water partition coefficient (Wildman–Crippen LogP) is 4.71. The topological polar surface area (TPSA) is 12.4 Å². The molecule has 0 spiro atoms. The minimum atomic E-state index is -0.0886. The van der Waals surface area contributed by atoms with Crippen LogP contribution in [0.15, 0.2) is 17.1 Å². The van der Waals surface area contributed by atoms with Gasteiger partial charge in [-0.15, -0.1) is 0 Å². The van der Waals surface area contributed by atoms with Crippen molar-refractivity contribution >= 4 is 6.21 Å². The number of nitrogens with zero attached hydrogens (tertiary/aromatic N) is 1. The number of halogens is 1. The van der Waals surface area contributed by atoms with Crippen molar-refractivity contribution in [1.29, 1.82) is 0 Å². The summed E-state index contributed by atoms with van der Waals surface area (Å²) >= 11 is 0. The molecular formula is C16H24FN. The van der Waals surface area contributed by atoms with Crippen LogP contribution in [0.3, 0.4) is 0 Å². The quantitative estimate of drug-likeness (QED) is 0.670. The van der Waals surface area contributed by atoms with E-state index in [1.165, 1.54) is 5.56 Å². The van der Waals surface area contributed by atoms with Crippen molar-refractivity contribution in [2.24, 2.45) is 4.99 Å². The largest absolute Gasteiger partial charge is 0.297 e. The molecule has 0 aromatic heterocycles. The SMILES string of the molecule is CCN=CCc1c(C(C)C)ccc(F)c1C(C)C. The second-order valence-corrected chi connectivity index (χ2v) is 5.22. The van der Waals surface area contributed by atoms with Crippen LogP contribution >= 0.6 is 0 Å². The Morgan fingerprint density at radius 1 is 1.17 bits per heavy atom. The Morgan fingerprint density at radius 3 is 2.33 bits per heavy atom. The molecule has 1 rings (SSSR count). The highest BCUT2D eigenvalue weighted by Crippen LogP contribution is 2.30. The molecule has 0 fully saturated rings. The Kier molecular flexibility index (Phi) is 5.52. The molecule has 18 heavy (non-hydrogen) atoms. The molecule has 1 nitrogen and oxygen atoms in total. The zero-order valence-electron chi connectivity index (χ0n) is 12.1. The van der Waals surface area contributed by atoms with Gasteiger partial charge >= 0.3 is 0 Å². The molecular weight excluding hydrogens is 225 g/mol. The van der Waals surface area contributed by atoms with E-state index in [4.69, 9.17) is 0 Å². The van der Waals surface area contributed by atoms with Gasteiger partial charge in [0.25, 0.3) is 0 Å². The van der Waals surface area contributed by atoms with E-state index in [0.717, 1.165) is 24.1 Å². The first-order chi connectivity index (χ1) is 8.49. The van der Waals surface area contributed by atoms with Crippen LogP contribution in [0.5, 0.6) is 0 Å². The molecule has 0 saturated heterocycles. The second kappa shape index (κ2) is 6.67. The summed E-state index contributed by atoms with van der Waals surface area (Å²) in [6.45, 7) is 11.2. The lowest BCUT2D eigenvalue weighted by Gasteiger charge is -2.19. The molecule has 0 bridgehead atoms. The van der Waals surface area contributed by atoms with Gasteiger partial charge in [0.2, 0.25) is 0 Å². The average Bonchev–Trinajstić information content (AvgIpc) is 2.28. The first-order valence-corrected chi connectivity index (χ1v) is 6.78. The van der Waals surface area contributed by atoms with Crippen LogP contribution in [0.1, 0.15) is 63.1 Å². The summed E-state index contributed by atoms with van der Waals surface area (Å²) in [4.78, 5) is 4.25. The highest BCUT2D eigenvalue weighted by molar-refractivity contribution is 5.64. The van der Waals surface area contributed by atoms with E-state index in [1.807, 2.05) is 33.1 Å². The van der Waals surface area contributed by atoms with Crippen molar-refractivity contribution in [3.8, 4) is 0 Å². The molecule has 1 aromatic carbocycles. The van der Waals surface area contributed by atoms with Crippen LogP contribution in [0.25, 0.3) is 0 Å². The van der Waals surface area contributed by atoms with Crippen molar-refractivity contribution in [2.45, 2.75) is 52.9 Å². The highest BCUT2D eigenvalue weighted by Gasteiger charge is 2.17. The van der Waals surface area contributed by atoms with E-state index in [1.54, 1.807) is 6.07 Å². The van der Waals surface area contributed by atoms with Gasteiger partial charge in [-0.25, -0.2) is 4.39 Å². The zero-order chi connectivity index (χ0) is 13.7. The molecule has 0 unspecified atom stereocenters. The summed E-state index contributed by atoms with van der Waals surface area (Å²) in [5.74, 6) is 0.524. The van der Waals surface area contributed by atoms with Gasteiger partial charge in [-0.1, -0.05) is 33.8 Å². The molecule has 100 valence electrons. The fourth-order valence-electron chi connectivity index (χ4n) is 2.33. The first kappa shape index (κ1) is 14.9. The molecule has 0 amide bonds. The number of rotatable bonds is 5. The maximum atomic E-state index is 14.0. The first-order valence-electron chi connectivity index (χ1n) is 6.78. The molecule has 0 aliphatic carbocycles. The summed E-state index contributed by atoms with van der Waals surface area (Å²) in [7, 11) is 0. The van der Waals surface area contributed by atoms with Gasteiger partial charge in [-0.2, -0.15) is 0 Å². The van der Waals surface area contributed by atoms with Gasteiger partial charge in [0.05, 0.1) is 0 Å². The van der Waals surface area contributed by atoms with Crippen LogP contribution in [0, 0.1) is 5.82 Å². The van der Waals surface area contributed by atoms with Crippen molar-refractivity contribution in [2.75, 3.05) is 6.54 Å². The Bertz CT molecular complexity index is 419. The second-order valence-electron chi connectivity index (χ2n) is 5.22. The molecule has 0 aliphatic heterocycles. The van der Waals surface area contributed by atoms with Gasteiger partial charge in [0.1, 0.15) is 5.82 Å². The Labute approximate surface area is 110 Å². The van der Waals surface area contributed by atoms with Crippen LogP contribution < -0.4 is 0 Å². The summed E-state index contributed by atoms with van der Waals surface area (Å²) in [6, 6.07) is 3.52. The van der Waals surface area contributed by atoms with Crippen molar-refractivity contribution < 1.29 is 4.39 Å². The lowest BCUT2D eigenvalue weighted by Crippen LogP contribution is -2.07. The van der Waals surface area contributed by atoms with Gasteiger partial charge in [0.15, 0.2) is 0 Å². The Morgan fingerprint density at radius 2 is 1.83 bits per heavy atom. The molecule has 1 aromatic rings. The van der Waals surface area contributed by atoms with E-state index in [0.29, 0.717) is 5.92 Å². The summed E-state index contributed by atoms with van der Waals surface area (Å²) < 4.78 is 14.0. The van der Waals surface area contributed by atoms with Crippen molar-refractivity contribution in [3.05, 3.63) is 34.6 Å². The molecule has 0 heterocycles. The number of benzene rings is 1. The average molecular weight is 249 g/mol. The van der Waals surface area contributed by atoms with Gasteiger partial charge in [0, 0.05) is 19.2 Å². The van der Waals surface area contributed by atoms with E-state index < -0.39 is 0 Å². The molecule has 0 radical (unpaired) electrons. The third-order valence-corrected chi connectivity index (χ3v) is 3.15. The summed E-state index contributed by atoms with van der Waals surface area (Å²) in [5, 5.41) is 0. The van der Waals surface area contributed by atoms with Gasteiger partial charge in [-0.3, -0.25) is 4.99 Å². The molecule has 0 atom stereocenters. The smallest absolute Gasteiger partial charge is 0.126 e. The van der Waals surface area contributed by atoms with Crippen molar-refractivity contribution in [3.63, 3.8) is 0 Å². The fourth-order valence-corrected chi connectivity index (χ4v) is 2.33. The minimum absolute atomic E-state index is 0.0886. The highest BCUT2D eigenvalue weighted by atomic mass is 19.1. The maximum absolute atomic E-state index is 14.0. The third-order valence-electron chi connectivity index (χ3n) is 3.15. The monoisotopic (exact) mass is 249 g/mol. The van der Waals surface area contributed by atoms with Crippen molar-refractivity contribution in [1.82, 2.24) is 0 Å². The normalized spacial score (nSPS) is 12.0. The zero-order valence-corrected chi connectivity index (χ0v) is 12.1. The summed E-state index contributed by atoms with van der Waals surface area (Å²) in [6.07, 6.45) is 2.64. The molecule has 0 N–H and O–H groups in total. The summed E-state index contributed by atoms with van der Waals surface area (Å²) in [5.41, 5.74) is 3.21. The van der Waals surface area contributed by atoms with Crippen LogP contribution in [0.4, 0.5) is 4.39 Å². The lowest BCUT2D eigenvalue weighted by molar-refractivity contribution is 0.592. The predicted molar refractivity (Wildman–Crippen MR) is 77.3 cm³/mol. The van der Waals surface area contributed by atoms with E-state index >= 15 is 0 Å². The molecule has 0 aliphatic rings.